The van der Waals surface area contributed by atoms with Gasteiger partial charge in [0.15, 0.2) is 0 Å². The molecule has 0 unspecified atom stereocenters. The third kappa shape index (κ3) is 4.35. The van der Waals surface area contributed by atoms with Gasteiger partial charge in [-0.3, -0.25) is 0 Å². The van der Waals surface area contributed by atoms with E-state index in [-0.39, 0.29) is 0 Å². The second kappa shape index (κ2) is 5.77. The van der Waals surface area contributed by atoms with Crippen LogP contribution in [-0.4, -0.2) is 24.1 Å². The number of nitrogens with two attached hydrogens (primary N) is 1. The van der Waals surface area contributed by atoms with Gasteiger partial charge >= 0.3 is 6.03 Å². The molecule has 0 aliphatic heterocycles. The van der Waals surface area contributed by atoms with Crippen molar-refractivity contribution < 1.29 is 4.79 Å². The van der Waals surface area contributed by atoms with Crippen molar-refractivity contribution in [1.29, 1.82) is 0 Å². The molecular formula is C8H10BrClN4O. The molecule has 7 heteroatoms. The molecule has 5 nitrogen and oxygen atoms in total. The Balaban J connectivity index is 2.40. The van der Waals surface area contributed by atoms with Gasteiger partial charge in [-0.2, -0.15) is 0 Å². The molecule has 15 heavy (non-hydrogen) atoms. The molecule has 0 aliphatic rings. The number of primary amides is 1. The summed E-state index contributed by atoms with van der Waals surface area (Å²) < 4.78 is 0.813. The summed E-state index contributed by atoms with van der Waals surface area (Å²) >= 11 is 9.15. The molecule has 1 aromatic heterocycles. The first kappa shape index (κ1) is 12.1. The van der Waals surface area contributed by atoms with Gasteiger partial charge in [0.2, 0.25) is 0 Å². The Morgan fingerprint density at radius 1 is 1.60 bits per heavy atom. The second-order valence-corrected chi connectivity index (χ2v) is 4.02. The average molecular weight is 294 g/mol. The van der Waals surface area contributed by atoms with Crippen LogP contribution in [0.1, 0.15) is 0 Å². The van der Waals surface area contributed by atoms with Crippen LogP contribution >= 0.6 is 27.5 Å². The molecule has 1 aromatic rings. The SMILES string of the molecule is NC(=O)NCCNc1ncc(Br)cc1Cl. The first-order valence-corrected chi connectivity index (χ1v) is 5.35. The Kier molecular flexibility index (Phi) is 4.64. The molecule has 0 saturated heterocycles. The fourth-order valence-corrected chi connectivity index (χ4v) is 1.61. The van der Waals surface area contributed by atoms with Gasteiger partial charge in [0.1, 0.15) is 5.82 Å². The summed E-state index contributed by atoms with van der Waals surface area (Å²) in [5.74, 6) is 0.575. The number of carbonyl (C=O) groups excluding carboxylic acids is 1. The lowest BCUT2D eigenvalue weighted by Crippen LogP contribution is -2.33. The molecule has 0 fully saturated rings. The number of aromatic nitrogens is 1. The predicted octanol–water partition coefficient (Wildman–Crippen LogP) is 1.58. The highest BCUT2D eigenvalue weighted by molar-refractivity contribution is 9.10. The monoisotopic (exact) mass is 292 g/mol. The van der Waals surface area contributed by atoms with Gasteiger partial charge in [0.25, 0.3) is 0 Å². The number of hydrogen-bond acceptors (Lipinski definition) is 3. The van der Waals surface area contributed by atoms with E-state index < -0.39 is 6.03 Å². The summed E-state index contributed by atoms with van der Waals surface area (Å²) in [6, 6.07) is 1.19. The number of hydrogen-bond donors (Lipinski definition) is 3. The van der Waals surface area contributed by atoms with Crippen LogP contribution < -0.4 is 16.4 Å². The summed E-state index contributed by atoms with van der Waals surface area (Å²) in [6.45, 7) is 0.931. The van der Waals surface area contributed by atoms with Gasteiger partial charge in [0, 0.05) is 23.8 Å². The lowest BCUT2D eigenvalue weighted by Gasteiger charge is -2.07. The predicted molar refractivity (Wildman–Crippen MR) is 63.0 cm³/mol. The number of anilines is 1. The van der Waals surface area contributed by atoms with E-state index in [2.05, 4.69) is 31.5 Å². The van der Waals surface area contributed by atoms with Crippen molar-refractivity contribution in [3.63, 3.8) is 0 Å². The van der Waals surface area contributed by atoms with Crippen LogP contribution in [0, 0.1) is 0 Å². The van der Waals surface area contributed by atoms with E-state index in [1.54, 1.807) is 12.3 Å². The average Bonchev–Trinajstić information content (AvgIpc) is 2.14. The lowest BCUT2D eigenvalue weighted by atomic mass is 10.4. The highest BCUT2D eigenvalue weighted by Crippen LogP contribution is 2.22. The molecule has 0 aromatic carbocycles. The Morgan fingerprint density at radius 3 is 2.93 bits per heavy atom. The van der Waals surface area contributed by atoms with Crippen LogP contribution in [0.2, 0.25) is 5.02 Å². The molecule has 1 heterocycles. The summed E-state index contributed by atoms with van der Waals surface area (Å²) in [4.78, 5) is 14.4. The quantitative estimate of drug-likeness (QED) is 0.737. The van der Waals surface area contributed by atoms with E-state index >= 15 is 0 Å². The molecule has 0 spiro atoms. The van der Waals surface area contributed by atoms with E-state index in [1.807, 2.05) is 0 Å². The van der Waals surface area contributed by atoms with Crippen LogP contribution in [0.5, 0.6) is 0 Å². The largest absolute Gasteiger partial charge is 0.367 e. The van der Waals surface area contributed by atoms with Crippen LogP contribution in [0.4, 0.5) is 10.6 Å². The van der Waals surface area contributed by atoms with E-state index in [1.165, 1.54) is 0 Å². The smallest absolute Gasteiger partial charge is 0.312 e. The minimum absolute atomic E-state index is 0.420. The van der Waals surface area contributed by atoms with Gasteiger partial charge in [-0.15, -0.1) is 0 Å². The molecule has 0 saturated carbocycles. The minimum atomic E-state index is -0.549. The normalized spacial score (nSPS) is 9.73. The molecule has 2 amide bonds. The zero-order valence-corrected chi connectivity index (χ0v) is 10.1. The van der Waals surface area contributed by atoms with Crippen LogP contribution in [0.25, 0.3) is 0 Å². The number of rotatable bonds is 4. The first-order chi connectivity index (χ1) is 7.09. The highest BCUT2D eigenvalue weighted by atomic mass is 79.9. The summed E-state index contributed by atoms with van der Waals surface area (Å²) in [5.41, 5.74) is 4.90. The Morgan fingerprint density at radius 2 is 2.33 bits per heavy atom. The Labute approximate surface area is 101 Å². The highest BCUT2D eigenvalue weighted by Gasteiger charge is 2.01. The van der Waals surface area contributed by atoms with Crippen molar-refractivity contribution in [2.75, 3.05) is 18.4 Å². The van der Waals surface area contributed by atoms with Crippen molar-refractivity contribution in [1.82, 2.24) is 10.3 Å². The number of nitrogens with one attached hydrogen (secondary N) is 2. The molecule has 4 N–H and O–H groups in total. The maximum absolute atomic E-state index is 10.4. The van der Waals surface area contributed by atoms with E-state index in [0.717, 1.165) is 4.47 Å². The van der Waals surface area contributed by atoms with Crippen molar-refractivity contribution in [2.45, 2.75) is 0 Å². The summed E-state index contributed by atoms with van der Waals surface area (Å²) in [6.07, 6.45) is 1.63. The maximum atomic E-state index is 10.4. The molecule has 0 aliphatic carbocycles. The molecule has 0 radical (unpaired) electrons. The van der Waals surface area contributed by atoms with Crippen LogP contribution in [-0.2, 0) is 0 Å². The first-order valence-electron chi connectivity index (χ1n) is 4.18. The van der Waals surface area contributed by atoms with Crippen LogP contribution in [0.3, 0.4) is 0 Å². The van der Waals surface area contributed by atoms with E-state index in [9.17, 15) is 4.79 Å². The second-order valence-electron chi connectivity index (χ2n) is 2.70. The maximum Gasteiger partial charge on any atom is 0.312 e. The van der Waals surface area contributed by atoms with Crippen molar-refractivity contribution in [3.05, 3.63) is 21.8 Å². The number of urea groups is 1. The number of pyridine rings is 1. The zero-order valence-electron chi connectivity index (χ0n) is 7.76. The van der Waals surface area contributed by atoms with Gasteiger partial charge < -0.3 is 16.4 Å². The third-order valence-corrected chi connectivity index (χ3v) is 2.25. The molecular weight excluding hydrogens is 283 g/mol. The lowest BCUT2D eigenvalue weighted by molar-refractivity contribution is 0.249. The van der Waals surface area contributed by atoms with Gasteiger partial charge in [-0.1, -0.05) is 11.6 Å². The van der Waals surface area contributed by atoms with Gasteiger partial charge in [-0.05, 0) is 22.0 Å². The molecule has 1 rings (SSSR count). The molecule has 0 atom stereocenters. The topological polar surface area (TPSA) is 80.0 Å². The standard InChI is InChI=1S/C8H10BrClN4O/c9-5-3-6(10)7(14-4-5)12-1-2-13-8(11)15/h3-4H,1-2H2,(H,12,14)(H3,11,13,15). The van der Waals surface area contributed by atoms with Gasteiger partial charge in [0.05, 0.1) is 5.02 Å². The minimum Gasteiger partial charge on any atom is -0.367 e. The Hall–Kier alpha value is -1.01. The van der Waals surface area contributed by atoms with E-state index in [0.29, 0.717) is 23.9 Å². The number of amides is 2. The van der Waals surface area contributed by atoms with Crippen molar-refractivity contribution >= 4 is 39.4 Å². The fraction of sp³-hybridized carbons (Fsp3) is 0.250. The van der Waals surface area contributed by atoms with Gasteiger partial charge in [-0.25, -0.2) is 9.78 Å². The molecule has 82 valence electrons. The molecule has 0 bridgehead atoms. The third-order valence-electron chi connectivity index (χ3n) is 1.52. The number of carbonyl (C=O) groups is 1. The number of halogens is 2. The summed E-state index contributed by atoms with van der Waals surface area (Å²) in [7, 11) is 0. The van der Waals surface area contributed by atoms with E-state index in [4.69, 9.17) is 17.3 Å². The van der Waals surface area contributed by atoms with Crippen molar-refractivity contribution in [2.24, 2.45) is 5.73 Å². The fourth-order valence-electron chi connectivity index (χ4n) is 0.911. The van der Waals surface area contributed by atoms with Crippen LogP contribution in [0.15, 0.2) is 16.7 Å². The zero-order chi connectivity index (χ0) is 11.3. The summed E-state index contributed by atoms with van der Waals surface area (Å²) in [5, 5.41) is 5.92. The Bertz CT molecular complexity index is 360. The number of nitrogens with zero attached hydrogens (tertiary/aromatic N) is 1. The van der Waals surface area contributed by atoms with Crippen molar-refractivity contribution in [3.8, 4) is 0 Å².